The molecule has 5 nitrogen and oxygen atoms in total. The molecule has 0 radical (unpaired) electrons. The molecule has 1 aliphatic rings. The molecule has 2 aromatic rings. The predicted molar refractivity (Wildman–Crippen MR) is 97.6 cm³/mol. The predicted octanol–water partition coefficient (Wildman–Crippen LogP) is 3.45. The number of nitrogens with zero attached hydrogens (tertiary/aromatic N) is 1. The van der Waals surface area contributed by atoms with Crippen molar-refractivity contribution >= 4 is 15.7 Å². The topological polar surface area (TPSA) is 66.8 Å². The van der Waals surface area contributed by atoms with Gasteiger partial charge in [-0.15, -0.1) is 0 Å². The number of sulfonamides is 1. The average molecular weight is 361 g/mol. The van der Waals surface area contributed by atoms with E-state index < -0.39 is 16.1 Å². The van der Waals surface area contributed by atoms with Gasteiger partial charge < -0.3 is 9.84 Å². The van der Waals surface area contributed by atoms with E-state index in [4.69, 9.17) is 4.74 Å². The maximum atomic E-state index is 13.1. The fraction of sp³-hybridized carbons (Fsp3) is 0.368. The highest BCUT2D eigenvalue weighted by atomic mass is 32.2. The number of rotatable bonds is 4. The summed E-state index contributed by atoms with van der Waals surface area (Å²) in [6, 6.07) is 12.1. The molecule has 0 bridgehead atoms. The Bertz CT molecular complexity index is 859. The molecule has 0 saturated heterocycles. The molecule has 0 spiro atoms. The summed E-state index contributed by atoms with van der Waals surface area (Å²) in [6.45, 7) is 4.38. The molecule has 0 fully saturated rings. The zero-order chi connectivity index (χ0) is 18.2. The molecule has 0 amide bonds. The summed E-state index contributed by atoms with van der Waals surface area (Å²) >= 11 is 0. The van der Waals surface area contributed by atoms with Gasteiger partial charge in [-0.25, -0.2) is 8.42 Å². The second-order valence-corrected chi connectivity index (χ2v) is 8.39. The Labute approximate surface area is 148 Å². The Hall–Kier alpha value is -2.05. The van der Waals surface area contributed by atoms with Gasteiger partial charge in [0.05, 0.1) is 23.8 Å². The zero-order valence-electron chi connectivity index (χ0n) is 14.6. The number of aliphatic hydroxyl groups is 1. The molecule has 1 atom stereocenters. The van der Waals surface area contributed by atoms with Crippen molar-refractivity contribution in [3.63, 3.8) is 0 Å². The van der Waals surface area contributed by atoms with E-state index >= 15 is 0 Å². The number of fused-ring (bicyclic) bond motifs is 1. The van der Waals surface area contributed by atoms with E-state index in [1.54, 1.807) is 37.4 Å². The summed E-state index contributed by atoms with van der Waals surface area (Å²) in [5, 5.41) is 10.3. The average Bonchev–Trinajstić information content (AvgIpc) is 2.61. The van der Waals surface area contributed by atoms with Crippen molar-refractivity contribution in [2.45, 2.75) is 37.2 Å². The number of ether oxygens (including phenoxy) is 1. The van der Waals surface area contributed by atoms with E-state index in [0.717, 1.165) is 5.56 Å². The van der Waals surface area contributed by atoms with Crippen molar-refractivity contribution in [2.75, 3.05) is 18.0 Å². The van der Waals surface area contributed by atoms with E-state index in [-0.39, 0.29) is 11.4 Å². The van der Waals surface area contributed by atoms with E-state index in [2.05, 4.69) is 13.8 Å². The van der Waals surface area contributed by atoms with Crippen LogP contribution in [0.15, 0.2) is 47.4 Å². The van der Waals surface area contributed by atoms with Gasteiger partial charge in [0.2, 0.25) is 0 Å². The van der Waals surface area contributed by atoms with Crippen molar-refractivity contribution in [3.05, 3.63) is 53.6 Å². The molecule has 134 valence electrons. The Kier molecular flexibility index (Phi) is 4.75. The molecule has 0 saturated carbocycles. The third-order valence-corrected chi connectivity index (χ3v) is 6.43. The van der Waals surface area contributed by atoms with Gasteiger partial charge in [-0.1, -0.05) is 26.0 Å². The summed E-state index contributed by atoms with van der Waals surface area (Å²) in [7, 11) is -2.14. The maximum Gasteiger partial charge on any atom is 0.264 e. The molecule has 1 N–H and O–H groups in total. The van der Waals surface area contributed by atoms with Gasteiger partial charge in [0.15, 0.2) is 0 Å². The molecule has 1 heterocycles. The van der Waals surface area contributed by atoms with Crippen molar-refractivity contribution < 1.29 is 18.3 Å². The van der Waals surface area contributed by atoms with Crippen LogP contribution in [-0.4, -0.2) is 27.2 Å². The number of benzene rings is 2. The van der Waals surface area contributed by atoms with Gasteiger partial charge in [-0.2, -0.15) is 0 Å². The van der Waals surface area contributed by atoms with Crippen LogP contribution >= 0.6 is 0 Å². The molecule has 0 aliphatic carbocycles. The second kappa shape index (κ2) is 6.69. The first kappa shape index (κ1) is 17.8. The van der Waals surface area contributed by atoms with Gasteiger partial charge in [0, 0.05) is 12.1 Å². The van der Waals surface area contributed by atoms with Crippen molar-refractivity contribution in [3.8, 4) is 5.75 Å². The number of methoxy groups -OCH3 is 1. The summed E-state index contributed by atoms with van der Waals surface area (Å²) in [6.07, 6.45) is -0.344. The van der Waals surface area contributed by atoms with Gasteiger partial charge in [-0.05, 0) is 48.2 Å². The minimum Gasteiger partial charge on any atom is -0.497 e. The lowest BCUT2D eigenvalue weighted by Gasteiger charge is -2.33. The van der Waals surface area contributed by atoms with Crippen LogP contribution in [0.2, 0.25) is 0 Å². The zero-order valence-corrected chi connectivity index (χ0v) is 15.5. The van der Waals surface area contributed by atoms with Crippen molar-refractivity contribution in [2.24, 2.45) is 0 Å². The first-order valence-electron chi connectivity index (χ1n) is 8.33. The normalized spacial score (nSPS) is 17.5. The Morgan fingerprint density at radius 2 is 1.84 bits per heavy atom. The minimum absolute atomic E-state index is 0.245. The molecule has 6 heteroatoms. The van der Waals surface area contributed by atoms with Crippen LogP contribution in [0.3, 0.4) is 0 Å². The van der Waals surface area contributed by atoms with Crippen molar-refractivity contribution in [1.29, 1.82) is 0 Å². The molecular weight excluding hydrogens is 338 g/mol. The van der Waals surface area contributed by atoms with Crippen LogP contribution in [-0.2, 0) is 10.0 Å². The lowest BCUT2D eigenvalue weighted by atomic mass is 10.0. The first-order valence-corrected chi connectivity index (χ1v) is 9.77. The Balaban J connectivity index is 2.02. The summed E-state index contributed by atoms with van der Waals surface area (Å²) in [5.41, 5.74) is 2.18. The number of hydrogen-bond acceptors (Lipinski definition) is 4. The standard InChI is InChI=1S/C19H23NO4S/c1-13(2)14-4-7-16(8-5-14)25(22,23)20-11-10-19(21)17-12-15(24-3)6-9-18(17)20/h4-9,12-13,19,21H,10-11H2,1-3H3. The molecule has 1 aliphatic heterocycles. The molecular formula is C19H23NO4S. The second-order valence-electron chi connectivity index (χ2n) is 6.53. The highest BCUT2D eigenvalue weighted by Gasteiger charge is 2.32. The number of hydrogen-bond donors (Lipinski definition) is 1. The van der Waals surface area contributed by atoms with Crippen LogP contribution in [0.1, 0.15) is 43.4 Å². The van der Waals surface area contributed by atoms with Crippen LogP contribution in [0.4, 0.5) is 5.69 Å². The van der Waals surface area contributed by atoms with Crippen LogP contribution in [0.25, 0.3) is 0 Å². The Morgan fingerprint density at radius 1 is 1.16 bits per heavy atom. The summed E-state index contributed by atoms with van der Waals surface area (Å²) in [5.74, 6) is 0.938. The summed E-state index contributed by atoms with van der Waals surface area (Å²) < 4.78 is 32.8. The maximum absolute atomic E-state index is 13.1. The monoisotopic (exact) mass is 361 g/mol. The van der Waals surface area contributed by atoms with Gasteiger partial charge in [0.1, 0.15) is 5.75 Å². The molecule has 3 rings (SSSR count). The minimum atomic E-state index is -3.68. The lowest BCUT2D eigenvalue weighted by Crippen LogP contribution is -2.36. The SMILES string of the molecule is COc1ccc2c(c1)C(O)CCN2S(=O)(=O)c1ccc(C(C)C)cc1. The molecule has 1 unspecified atom stereocenters. The molecule has 25 heavy (non-hydrogen) atoms. The highest BCUT2D eigenvalue weighted by molar-refractivity contribution is 7.92. The van der Waals surface area contributed by atoms with Gasteiger partial charge >= 0.3 is 0 Å². The van der Waals surface area contributed by atoms with Gasteiger partial charge in [-0.3, -0.25) is 4.31 Å². The largest absolute Gasteiger partial charge is 0.497 e. The van der Waals surface area contributed by atoms with E-state index in [9.17, 15) is 13.5 Å². The van der Waals surface area contributed by atoms with Crippen LogP contribution < -0.4 is 9.04 Å². The quantitative estimate of drug-likeness (QED) is 0.906. The third-order valence-electron chi connectivity index (χ3n) is 4.60. The highest BCUT2D eigenvalue weighted by Crippen LogP contribution is 2.39. The van der Waals surface area contributed by atoms with E-state index in [1.807, 2.05) is 12.1 Å². The number of anilines is 1. The number of aliphatic hydroxyl groups excluding tert-OH is 1. The van der Waals surface area contributed by atoms with E-state index in [1.165, 1.54) is 4.31 Å². The first-order chi connectivity index (χ1) is 11.8. The smallest absolute Gasteiger partial charge is 0.264 e. The summed E-state index contributed by atoms with van der Waals surface area (Å²) in [4.78, 5) is 0.259. The molecule has 2 aromatic carbocycles. The van der Waals surface area contributed by atoms with Crippen molar-refractivity contribution in [1.82, 2.24) is 0 Å². The fourth-order valence-corrected chi connectivity index (χ4v) is 4.58. The van der Waals surface area contributed by atoms with Crippen LogP contribution in [0, 0.1) is 0 Å². The fourth-order valence-electron chi connectivity index (χ4n) is 3.07. The van der Waals surface area contributed by atoms with Crippen LogP contribution in [0.5, 0.6) is 5.75 Å². The molecule has 0 aromatic heterocycles. The lowest BCUT2D eigenvalue weighted by molar-refractivity contribution is 0.166. The Morgan fingerprint density at radius 3 is 2.44 bits per heavy atom. The third kappa shape index (κ3) is 3.24. The van der Waals surface area contributed by atoms with E-state index in [0.29, 0.717) is 29.3 Å². The van der Waals surface area contributed by atoms with Gasteiger partial charge in [0.25, 0.3) is 10.0 Å².